The van der Waals surface area contributed by atoms with Gasteiger partial charge in [-0.2, -0.15) is 0 Å². The van der Waals surface area contributed by atoms with Crippen LogP contribution in [0.15, 0.2) is 54.6 Å². The van der Waals surface area contributed by atoms with Gasteiger partial charge in [-0.1, -0.05) is 18.2 Å². The molecule has 0 saturated carbocycles. The van der Waals surface area contributed by atoms with Crippen molar-refractivity contribution in [3.8, 4) is 11.5 Å². The van der Waals surface area contributed by atoms with Crippen molar-refractivity contribution in [2.45, 2.75) is 0 Å². The number of tetrazole rings is 1. The lowest BCUT2D eigenvalue weighted by Gasteiger charge is -2.07. The van der Waals surface area contributed by atoms with Gasteiger partial charge < -0.3 is 10.1 Å². The van der Waals surface area contributed by atoms with Crippen molar-refractivity contribution in [3.63, 3.8) is 0 Å². The van der Waals surface area contributed by atoms with Crippen molar-refractivity contribution in [1.82, 2.24) is 20.6 Å². The molecule has 104 valence electrons. The molecule has 0 aliphatic heterocycles. The van der Waals surface area contributed by atoms with Gasteiger partial charge in [-0.15, -0.1) is 5.10 Å². The number of anilines is 1. The summed E-state index contributed by atoms with van der Waals surface area (Å²) in [4.78, 5) is 11.7. The van der Waals surface area contributed by atoms with Crippen molar-refractivity contribution in [1.29, 1.82) is 0 Å². The molecule has 0 aliphatic rings. The molecule has 1 amide bonds. The molecule has 3 aromatic rings. The molecule has 1 heterocycles. The van der Waals surface area contributed by atoms with Gasteiger partial charge in [0.05, 0.1) is 0 Å². The van der Waals surface area contributed by atoms with E-state index in [1.54, 1.807) is 24.3 Å². The Morgan fingerprint density at radius 3 is 2.38 bits per heavy atom. The van der Waals surface area contributed by atoms with E-state index in [-0.39, 0.29) is 5.82 Å². The lowest BCUT2D eigenvalue weighted by atomic mass is 10.3. The Balaban J connectivity index is 1.65. The third-order valence-electron chi connectivity index (χ3n) is 2.65. The Bertz CT molecular complexity index is 711. The number of H-pyrrole nitrogens is 1. The standard InChI is InChI=1S/C14H11N5O2/c20-14(13-16-18-19-17-13)15-10-6-8-12(9-7-10)21-11-4-2-1-3-5-11/h1-9H,(H,15,20)(H,16,17,18,19). The van der Waals surface area contributed by atoms with Crippen molar-refractivity contribution in [2.75, 3.05) is 5.32 Å². The van der Waals surface area contributed by atoms with Crippen LogP contribution in [0.1, 0.15) is 10.6 Å². The van der Waals surface area contributed by atoms with Gasteiger partial charge in [-0.3, -0.25) is 4.79 Å². The summed E-state index contributed by atoms with van der Waals surface area (Å²) in [7, 11) is 0. The van der Waals surface area contributed by atoms with E-state index in [1.807, 2.05) is 30.3 Å². The molecule has 21 heavy (non-hydrogen) atoms. The predicted octanol–water partition coefficient (Wildman–Crippen LogP) is 2.24. The highest BCUT2D eigenvalue weighted by atomic mass is 16.5. The first-order chi connectivity index (χ1) is 10.3. The molecular weight excluding hydrogens is 270 g/mol. The Labute approximate surface area is 120 Å². The summed E-state index contributed by atoms with van der Waals surface area (Å²) >= 11 is 0. The lowest BCUT2D eigenvalue weighted by Crippen LogP contribution is -2.13. The molecule has 0 fully saturated rings. The number of aromatic nitrogens is 4. The number of benzene rings is 2. The number of hydrogen-bond donors (Lipinski definition) is 2. The monoisotopic (exact) mass is 281 g/mol. The van der Waals surface area contributed by atoms with E-state index in [9.17, 15) is 4.79 Å². The van der Waals surface area contributed by atoms with Crippen LogP contribution in [-0.4, -0.2) is 26.5 Å². The van der Waals surface area contributed by atoms with Gasteiger partial charge in [-0.25, -0.2) is 5.10 Å². The number of ether oxygens (including phenoxy) is 1. The summed E-state index contributed by atoms with van der Waals surface area (Å²) < 4.78 is 5.66. The fraction of sp³-hybridized carbons (Fsp3) is 0. The summed E-state index contributed by atoms with van der Waals surface area (Å²) in [6.45, 7) is 0. The number of rotatable bonds is 4. The first-order valence-electron chi connectivity index (χ1n) is 6.19. The van der Waals surface area contributed by atoms with E-state index in [0.29, 0.717) is 11.4 Å². The highest BCUT2D eigenvalue weighted by molar-refractivity contribution is 6.01. The fourth-order valence-corrected chi connectivity index (χ4v) is 1.68. The highest BCUT2D eigenvalue weighted by Crippen LogP contribution is 2.22. The van der Waals surface area contributed by atoms with Gasteiger partial charge in [0.25, 0.3) is 5.91 Å². The topological polar surface area (TPSA) is 92.8 Å². The van der Waals surface area contributed by atoms with Crippen molar-refractivity contribution < 1.29 is 9.53 Å². The Morgan fingerprint density at radius 2 is 1.71 bits per heavy atom. The quantitative estimate of drug-likeness (QED) is 0.765. The molecule has 0 spiro atoms. The molecule has 0 bridgehead atoms. The van der Waals surface area contributed by atoms with Crippen LogP contribution in [0, 0.1) is 0 Å². The van der Waals surface area contributed by atoms with Crippen molar-refractivity contribution >= 4 is 11.6 Å². The minimum absolute atomic E-state index is 0.0552. The molecule has 2 aromatic carbocycles. The van der Waals surface area contributed by atoms with E-state index in [1.165, 1.54) is 0 Å². The molecule has 3 rings (SSSR count). The van der Waals surface area contributed by atoms with Crippen LogP contribution < -0.4 is 10.1 Å². The first-order valence-corrected chi connectivity index (χ1v) is 6.19. The van der Waals surface area contributed by atoms with Crippen LogP contribution in [0.5, 0.6) is 11.5 Å². The van der Waals surface area contributed by atoms with Gasteiger partial charge in [-0.05, 0) is 46.8 Å². The van der Waals surface area contributed by atoms with Crippen LogP contribution in [0.25, 0.3) is 0 Å². The number of nitrogens with zero attached hydrogens (tertiary/aromatic N) is 3. The van der Waals surface area contributed by atoms with E-state index in [2.05, 4.69) is 25.9 Å². The molecule has 7 heteroatoms. The van der Waals surface area contributed by atoms with Crippen LogP contribution in [0.3, 0.4) is 0 Å². The fourth-order valence-electron chi connectivity index (χ4n) is 1.68. The first kappa shape index (κ1) is 12.8. The number of carbonyl (C=O) groups is 1. The SMILES string of the molecule is O=C(Nc1ccc(Oc2ccccc2)cc1)c1nnn[nH]1. The summed E-state index contributed by atoms with van der Waals surface area (Å²) in [6.07, 6.45) is 0. The van der Waals surface area contributed by atoms with Crippen LogP contribution in [-0.2, 0) is 0 Å². The second-order valence-electron chi connectivity index (χ2n) is 4.14. The number of para-hydroxylation sites is 1. The lowest BCUT2D eigenvalue weighted by molar-refractivity contribution is 0.101. The van der Waals surface area contributed by atoms with Gasteiger partial charge in [0.1, 0.15) is 11.5 Å². The summed E-state index contributed by atoms with van der Waals surface area (Å²) in [5, 5.41) is 15.3. The Morgan fingerprint density at radius 1 is 1.00 bits per heavy atom. The number of carbonyl (C=O) groups excluding carboxylic acids is 1. The summed E-state index contributed by atoms with van der Waals surface area (Å²) in [5.74, 6) is 1.08. The highest BCUT2D eigenvalue weighted by Gasteiger charge is 2.09. The third-order valence-corrected chi connectivity index (χ3v) is 2.65. The van der Waals surface area contributed by atoms with Gasteiger partial charge in [0.2, 0.25) is 5.82 Å². The van der Waals surface area contributed by atoms with Crippen LogP contribution in [0.2, 0.25) is 0 Å². The second-order valence-corrected chi connectivity index (χ2v) is 4.14. The van der Waals surface area contributed by atoms with Crippen molar-refractivity contribution in [3.05, 3.63) is 60.4 Å². The molecule has 7 nitrogen and oxygen atoms in total. The average molecular weight is 281 g/mol. The number of amides is 1. The van der Waals surface area contributed by atoms with E-state index >= 15 is 0 Å². The molecule has 0 unspecified atom stereocenters. The van der Waals surface area contributed by atoms with E-state index in [0.717, 1.165) is 5.75 Å². The predicted molar refractivity (Wildman–Crippen MR) is 75.1 cm³/mol. The normalized spacial score (nSPS) is 10.1. The minimum atomic E-state index is -0.406. The molecular formula is C14H11N5O2. The van der Waals surface area contributed by atoms with Gasteiger partial charge in [0, 0.05) is 5.69 Å². The largest absolute Gasteiger partial charge is 0.457 e. The maximum atomic E-state index is 11.7. The second kappa shape index (κ2) is 5.83. The maximum Gasteiger partial charge on any atom is 0.294 e. The number of nitrogens with one attached hydrogen (secondary N) is 2. The Hall–Kier alpha value is -3.22. The molecule has 0 atom stereocenters. The molecule has 2 N–H and O–H groups in total. The molecule has 0 aliphatic carbocycles. The average Bonchev–Trinajstić information content (AvgIpc) is 3.05. The maximum absolute atomic E-state index is 11.7. The number of aromatic amines is 1. The van der Waals surface area contributed by atoms with E-state index in [4.69, 9.17) is 4.74 Å². The Kier molecular flexibility index (Phi) is 3.55. The minimum Gasteiger partial charge on any atom is -0.457 e. The zero-order valence-electron chi connectivity index (χ0n) is 10.9. The van der Waals surface area contributed by atoms with E-state index < -0.39 is 5.91 Å². The summed E-state index contributed by atoms with van der Waals surface area (Å²) in [6, 6.07) is 16.5. The van der Waals surface area contributed by atoms with Crippen LogP contribution >= 0.6 is 0 Å². The molecule has 0 saturated heterocycles. The molecule has 0 radical (unpaired) electrons. The summed E-state index contributed by atoms with van der Waals surface area (Å²) in [5.41, 5.74) is 0.622. The van der Waals surface area contributed by atoms with Gasteiger partial charge >= 0.3 is 0 Å². The zero-order chi connectivity index (χ0) is 14.5. The van der Waals surface area contributed by atoms with Gasteiger partial charge in [0.15, 0.2) is 0 Å². The number of hydrogen-bond acceptors (Lipinski definition) is 5. The van der Waals surface area contributed by atoms with Crippen LogP contribution in [0.4, 0.5) is 5.69 Å². The zero-order valence-corrected chi connectivity index (χ0v) is 10.9. The van der Waals surface area contributed by atoms with Crippen molar-refractivity contribution in [2.24, 2.45) is 0 Å². The smallest absolute Gasteiger partial charge is 0.294 e. The molecule has 1 aromatic heterocycles. The third kappa shape index (κ3) is 3.21.